The number of anilines is 2. The molecular formula is C15H16N2O3S. The fourth-order valence-corrected chi connectivity index (χ4v) is 3.33. The molecule has 0 unspecified atom stereocenters. The van der Waals surface area contributed by atoms with Gasteiger partial charge in [0.1, 0.15) is 10.6 Å². The van der Waals surface area contributed by atoms with Gasteiger partial charge in [0.2, 0.25) is 0 Å². The highest BCUT2D eigenvalue weighted by molar-refractivity contribution is 7.17. The van der Waals surface area contributed by atoms with Gasteiger partial charge >= 0.3 is 5.97 Å². The first kappa shape index (κ1) is 13.9. The molecule has 0 spiro atoms. The lowest BCUT2D eigenvalue weighted by Crippen LogP contribution is -2.17. The number of carbonyl (C=O) groups is 1. The Hall–Kier alpha value is -2.08. The van der Waals surface area contributed by atoms with Gasteiger partial charge in [-0.25, -0.2) is 9.78 Å². The van der Waals surface area contributed by atoms with Gasteiger partial charge in [-0.05, 0) is 25.5 Å². The highest BCUT2D eigenvalue weighted by Crippen LogP contribution is 2.38. The summed E-state index contributed by atoms with van der Waals surface area (Å²) in [6.07, 6.45) is 0.904. The van der Waals surface area contributed by atoms with Crippen LogP contribution in [0.5, 0.6) is 5.75 Å². The van der Waals surface area contributed by atoms with E-state index in [1.807, 2.05) is 31.2 Å². The molecule has 21 heavy (non-hydrogen) atoms. The number of carbonyl (C=O) groups excluding carboxylic acids is 1. The van der Waals surface area contributed by atoms with Gasteiger partial charge in [-0.1, -0.05) is 23.5 Å². The van der Waals surface area contributed by atoms with Crippen molar-refractivity contribution in [2.45, 2.75) is 13.3 Å². The van der Waals surface area contributed by atoms with E-state index in [1.54, 1.807) is 0 Å². The van der Waals surface area contributed by atoms with Crippen LogP contribution in [0.3, 0.4) is 0 Å². The minimum Gasteiger partial charge on any atom is -0.491 e. The summed E-state index contributed by atoms with van der Waals surface area (Å²) in [7, 11) is 1.39. The van der Waals surface area contributed by atoms with Crippen LogP contribution in [0, 0.1) is 6.92 Å². The fraction of sp³-hybridized carbons (Fsp3) is 0.333. The molecule has 0 radical (unpaired) electrons. The molecule has 0 amide bonds. The zero-order valence-electron chi connectivity index (χ0n) is 12.0. The average Bonchev–Trinajstić information content (AvgIpc) is 2.76. The Morgan fingerprint density at radius 2 is 2.24 bits per heavy atom. The quantitative estimate of drug-likeness (QED) is 0.798. The molecule has 0 atom stereocenters. The summed E-state index contributed by atoms with van der Waals surface area (Å²) in [6, 6.07) is 7.89. The number of hydrogen-bond acceptors (Lipinski definition) is 6. The van der Waals surface area contributed by atoms with Crippen LogP contribution in [-0.4, -0.2) is 31.2 Å². The third-order valence-electron chi connectivity index (χ3n) is 3.33. The van der Waals surface area contributed by atoms with Crippen LogP contribution < -0.4 is 9.64 Å². The van der Waals surface area contributed by atoms with Crippen molar-refractivity contribution in [1.82, 2.24) is 4.98 Å². The molecule has 1 aliphatic rings. The minimum absolute atomic E-state index is 0.337. The Balaban J connectivity index is 2.02. The molecule has 2 aromatic rings. The molecular weight excluding hydrogens is 288 g/mol. The number of para-hydroxylation sites is 2. The van der Waals surface area contributed by atoms with Crippen molar-refractivity contribution < 1.29 is 14.3 Å². The maximum absolute atomic E-state index is 11.7. The van der Waals surface area contributed by atoms with Crippen LogP contribution in [0.25, 0.3) is 0 Å². The first-order valence-corrected chi connectivity index (χ1v) is 7.57. The smallest absolute Gasteiger partial charge is 0.350 e. The van der Waals surface area contributed by atoms with Gasteiger partial charge in [0, 0.05) is 6.54 Å². The molecule has 1 aromatic carbocycles. The number of benzene rings is 1. The van der Waals surface area contributed by atoms with E-state index < -0.39 is 0 Å². The van der Waals surface area contributed by atoms with E-state index in [9.17, 15) is 4.79 Å². The summed E-state index contributed by atoms with van der Waals surface area (Å²) in [5.74, 6) is 0.512. The van der Waals surface area contributed by atoms with Gasteiger partial charge in [0.05, 0.1) is 25.1 Å². The molecule has 2 heterocycles. The molecule has 6 heteroatoms. The van der Waals surface area contributed by atoms with Crippen molar-refractivity contribution in [3.63, 3.8) is 0 Å². The van der Waals surface area contributed by atoms with Crippen molar-refractivity contribution in [2.75, 3.05) is 25.2 Å². The minimum atomic E-state index is -0.337. The molecule has 0 saturated carbocycles. The van der Waals surface area contributed by atoms with Gasteiger partial charge in [0.25, 0.3) is 0 Å². The molecule has 1 aliphatic heterocycles. The van der Waals surface area contributed by atoms with E-state index >= 15 is 0 Å². The van der Waals surface area contributed by atoms with Gasteiger partial charge in [-0.3, -0.25) is 0 Å². The van der Waals surface area contributed by atoms with E-state index in [1.165, 1.54) is 18.4 Å². The second-order valence-corrected chi connectivity index (χ2v) is 5.70. The number of esters is 1. The van der Waals surface area contributed by atoms with Gasteiger partial charge in [-0.2, -0.15) is 0 Å². The number of aryl methyl sites for hydroxylation is 1. The lowest BCUT2D eigenvalue weighted by Gasteiger charge is -2.20. The number of hydrogen-bond donors (Lipinski definition) is 0. The van der Waals surface area contributed by atoms with Crippen LogP contribution in [0.15, 0.2) is 24.3 Å². The van der Waals surface area contributed by atoms with E-state index in [0.717, 1.165) is 29.5 Å². The highest BCUT2D eigenvalue weighted by atomic mass is 32.1. The zero-order valence-corrected chi connectivity index (χ0v) is 12.8. The van der Waals surface area contributed by atoms with E-state index in [-0.39, 0.29) is 5.97 Å². The summed E-state index contributed by atoms with van der Waals surface area (Å²) < 4.78 is 10.5. The van der Waals surface area contributed by atoms with Crippen LogP contribution in [-0.2, 0) is 4.74 Å². The first-order chi connectivity index (χ1) is 10.2. The normalized spacial score (nSPS) is 14.1. The number of rotatable bonds is 2. The number of fused-ring (bicyclic) bond motifs is 1. The molecule has 1 aromatic heterocycles. The van der Waals surface area contributed by atoms with E-state index in [4.69, 9.17) is 9.47 Å². The fourth-order valence-electron chi connectivity index (χ4n) is 2.31. The molecule has 5 nitrogen and oxygen atoms in total. The number of methoxy groups -OCH3 is 1. The third kappa shape index (κ3) is 2.58. The third-order valence-corrected chi connectivity index (χ3v) is 4.49. The highest BCUT2D eigenvalue weighted by Gasteiger charge is 2.23. The largest absolute Gasteiger partial charge is 0.491 e. The lowest BCUT2D eigenvalue weighted by molar-refractivity contribution is 0.0605. The Morgan fingerprint density at radius 3 is 3.05 bits per heavy atom. The monoisotopic (exact) mass is 304 g/mol. The molecule has 3 rings (SSSR count). The topological polar surface area (TPSA) is 51.7 Å². The Labute approximate surface area is 127 Å². The van der Waals surface area contributed by atoms with Gasteiger partial charge < -0.3 is 14.4 Å². The second-order valence-electron chi connectivity index (χ2n) is 4.72. The number of thiazole rings is 1. The zero-order chi connectivity index (χ0) is 14.8. The standard InChI is InChI=1S/C15H16N2O3S/c1-10-13(14(18)19-2)21-15(16-10)17-8-5-9-20-12-7-4-3-6-11(12)17/h3-4,6-7H,5,8-9H2,1-2H3. The Bertz CT molecular complexity index is 669. The number of ether oxygens (including phenoxy) is 2. The van der Waals surface area contributed by atoms with Crippen LogP contribution in [0.4, 0.5) is 10.8 Å². The lowest BCUT2D eigenvalue weighted by atomic mass is 10.2. The van der Waals surface area contributed by atoms with Gasteiger partial charge in [0.15, 0.2) is 5.13 Å². The SMILES string of the molecule is COC(=O)c1sc(N2CCCOc3ccccc32)nc1C. The second kappa shape index (κ2) is 5.73. The van der Waals surface area contributed by atoms with Crippen LogP contribution >= 0.6 is 11.3 Å². The number of aromatic nitrogens is 1. The molecule has 0 aliphatic carbocycles. The predicted octanol–water partition coefficient (Wildman–Crippen LogP) is 3.16. The number of nitrogens with zero attached hydrogens (tertiary/aromatic N) is 2. The van der Waals surface area contributed by atoms with Crippen LogP contribution in [0.2, 0.25) is 0 Å². The van der Waals surface area contributed by atoms with Crippen molar-refractivity contribution >= 4 is 28.1 Å². The maximum Gasteiger partial charge on any atom is 0.350 e. The molecule has 110 valence electrons. The van der Waals surface area contributed by atoms with Gasteiger partial charge in [-0.15, -0.1) is 0 Å². The Morgan fingerprint density at radius 1 is 1.43 bits per heavy atom. The molecule has 0 bridgehead atoms. The van der Waals surface area contributed by atoms with Crippen molar-refractivity contribution in [2.24, 2.45) is 0 Å². The molecule has 0 fully saturated rings. The predicted molar refractivity (Wildman–Crippen MR) is 81.8 cm³/mol. The first-order valence-electron chi connectivity index (χ1n) is 6.76. The average molecular weight is 304 g/mol. The van der Waals surface area contributed by atoms with Crippen LogP contribution in [0.1, 0.15) is 21.8 Å². The van der Waals surface area contributed by atoms with Crippen molar-refractivity contribution in [3.05, 3.63) is 34.8 Å². The van der Waals surface area contributed by atoms with Crippen molar-refractivity contribution in [1.29, 1.82) is 0 Å². The van der Waals surface area contributed by atoms with E-state index in [2.05, 4.69) is 9.88 Å². The van der Waals surface area contributed by atoms with Crippen molar-refractivity contribution in [3.8, 4) is 5.75 Å². The van der Waals surface area contributed by atoms with E-state index in [0.29, 0.717) is 17.2 Å². The summed E-state index contributed by atoms with van der Waals surface area (Å²) in [4.78, 5) is 18.9. The summed E-state index contributed by atoms with van der Waals surface area (Å²) in [5.41, 5.74) is 1.68. The molecule has 0 N–H and O–H groups in total. The summed E-state index contributed by atoms with van der Waals surface area (Å²) in [6.45, 7) is 3.32. The Kier molecular flexibility index (Phi) is 3.79. The summed E-state index contributed by atoms with van der Waals surface area (Å²) >= 11 is 1.36. The summed E-state index contributed by atoms with van der Waals surface area (Å²) in [5, 5.41) is 0.797. The molecule has 0 saturated heterocycles. The maximum atomic E-state index is 11.7.